The van der Waals surface area contributed by atoms with Gasteiger partial charge in [0.25, 0.3) is 0 Å². The maximum atomic E-state index is 12.3. The van der Waals surface area contributed by atoms with Gasteiger partial charge in [0.1, 0.15) is 0 Å². The molecule has 0 aliphatic carbocycles. The van der Waals surface area contributed by atoms with Gasteiger partial charge < -0.3 is 5.11 Å². The summed E-state index contributed by atoms with van der Waals surface area (Å²) in [5, 5.41) is 9.69. The fourth-order valence-electron chi connectivity index (χ4n) is 1.93. The Morgan fingerprint density at radius 1 is 1.19 bits per heavy atom. The number of aliphatic hydroxyl groups is 1. The molecule has 1 atom stereocenters. The van der Waals surface area contributed by atoms with Gasteiger partial charge in [-0.25, -0.2) is 13.1 Å². The normalized spacial score (nSPS) is 13.1. The average Bonchev–Trinajstić information content (AvgIpc) is 2.47. The van der Waals surface area contributed by atoms with Gasteiger partial charge >= 0.3 is 0 Å². The number of hydrogen-bond acceptors (Lipinski definition) is 3. The van der Waals surface area contributed by atoms with E-state index in [4.69, 9.17) is 16.7 Å². The highest BCUT2D eigenvalue weighted by Gasteiger charge is 2.18. The van der Waals surface area contributed by atoms with Crippen molar-refractivity contribution in [2.45, 2.75) is 24.5 Å². The molecule has 0 bridgehead atoms. The van der Waals surface area contributed by atoms with Gasteiger partial charge in [-0.05, 0) is 42.3 Å². The van der Waals surface area contributed by atoms with Crippen molar-refractivity contribution in [2.24, 2.45) is 0 Å². The summed E-state index contributed by atoms with van der Waals surface area (Å²) in [5.41, 5.74) is 1.37. The van der Waals surface area contributed by atoms with E-state index in [1.54, 1.807) is 43.3 Å². The molecule has 0 saturated heterocycles. The number of rotatable bonds is 5. The molecule has 21 heavy (non-hydrogen) atoms. The van der Waals surface area contributed by atoms with Gasteiger partial charge in [0, 0.05) is 11.1 Å². The van der Waals surface area contributed by atoms with Crippen LogP contribution in [0.25, 0.3) is 0 Å². The number of nitrogens with one attached hydrogen (secondary N) is 1. The molecule has 2 aromatic carbocycles. The molecule has 2 rings (SSSR count). The van der Waals surface area contributed by atoms with E-state index in [-0.39, 0.29) is 17.5 Å². The third-order valence-electron chi connectivity index (χ3n) is 3.09. The molecule has 0 heterocycles. The topological polar surface area (TPSA) is 66.4 Å². The van der Waals surface area contributed by atoms with E-state index in [0.29, 0.717) is 10.6 Å². The zero-order valence-corrected chi connectivity index (χ0v) is 13.0. The Bertz CT molecular complexity index is 714. The van der Waals surface area contributed by atoms with Crippen molar-refractivity contribution in [3.8, 4) is 0 Å². The Hall–Kier alpha value is -1.40. The van der Waals surface area contributed by atoms with E-state index in [0.717, 1.165) is 5.56 Å². The summed E-state index contributed by atoms with van der Waals surface area (Å²) in [5.74, 6) is 0. The maximum Gasteiger partial charge on any atom is 0.241 e. The molecule has 0 radical (unpaired) electrons. The van der Waals surface area contributed by atoms with Crippen molar-refractivity contribution >= 4 is 21.6 Å². The van der Waals surface area contributed by atoms with Gasteiger partial charge in [0.2, 0.25) is 10.0 Å². The number of hydrogen-bond donors (Lipinski definition) is 2. The number of benzene rings is 2. The maximum absolute atomic E-state index is 12.3. The molecule has 0 saturated carbocycles. The second-order valence-corrected chi connectivity index (χ2v) is 6.85. The zero-order valence-electron chi connectivity index (χ0n) is 11.5. The molecule has 112 valence electrons. The highest BCUT2D eigenvalue weighted by Crippen LogP contribution is 2.19. The highest BCUT2D eigenvalue weighted by molar-refractivity contribution is 7.89. The third kappa shape index (κ3) is 4.04. The first-order valence-corrected chi connectivity index (χ1v) is 8.26. The largest absolute Gasteiger partial charge is 0.392 e. The van der Waals surface area contributed by atoms with E-state index < -0.39 is 10.0 Å². The first-order chi connectivity index (χ1) is 9.92. The summed E-state index contributed by atoms with van der Waals surface area (Å²) in [6, 6.07) is 12.8. The van der Waals surface area contributed by atoms with Crippen LogP contribution in [-0.2, 0) is 16.6 Å². The van der Waals surface area contributed by atoms with E-state index >= 15 is 0 Å². The van der Waals surface area contributed by atoms with Gasteiger partial charge in [-0.15, -0.1) is 0 Å². The number of halogens is 1. The van der Waals surface area contributed by atoms with Crippen molar-refractivity contribution in [1.29, 1.82) is 0 Å². The molecule has 0 aliphatic rings. The number of sulfonamides is 1. The SMILES string of the molecule is CC(NS(=O)(=O)c1cccc(CO)c1)c1ccc(Cl)cc1. The summed E-state index contributed by atoms with van der Waals surface area (Å²) in [4.78, 5) is 0.134. The smallest absolute Gasteiger partial charge is 0.241 e. The van der Waals surface area contributed by atoms with E-state index in [9.17, 15) is 8.42 Å². The van der Waals surface area contributed by atoms with Crippen LogP contribution in [0.5, 0.6) is 0 Å². The lowest BCUT2D eigenvalue weighted by molar-refractivity contribution is 0.281. The zero-order chi connectivity index (χ0) is 15.5. The second kappa shape index (κ2) is 6.58. The standard InChI is InChI=1S/C15H16ClNO3S/c1-11(13-5-7-14(16)8-6-13)17-21(19,20)15-4-2-3-12(9-15)10-18/h2-9,11,17-18H,10H2,1H3. The molecule has 0 amide bonds. The summed E-state index contributed by atoms with van der Waals surface area (Å²) < 4.78 is 27.3. The second-order valence-electron chi connectivity index (χ2n) is 4.70. The minimum absolute atomic E-state index is 0.134. The van der Waals surface area contributed by atoms with Crippen molar-refractivity contribution in [2.75, 3.05) is 0 Å². The monoisotopic (exact) mass is 325 g/mol. The Labute approximate surface area is 129 Å². The summed E-state index contributed by atoms with van der Waals surface area (Å²) >= 11 is 5.82. The fraction of sp³-hybridized carbons (Fsp3) is 0.200. The first kappa shape index (κ1) is 16.0. The minimum atomic E-state index is -3.64. The molecular formula is C15H16ClNO3S. The molecule has 0 spiro atoms. The Kier molecular flexibility index (Phi) is 5.00. The van der Waals surface area contributed by atoms with Crippen molar-refractivity contribution < 1.29 is 13.5 Å². The molecule has 0 fully saturated rings. The minimum Gasteiger partial charge on any atom is -0.392 e. The van der Waals surface area contributed by atoms with Crippen LogP contribution in [0.1, 0.15) is 24.1 Å². The van der Waals surface area contributed by atoms with Crippen LogP contribution in [0.4, 0.5) is 0 Å². The van der Waals surface area contributed by atoms with Gasteiger partial charge in [0.05, 0.1) is 11.5 Å². The van der Waals surface area contributed by atoms with Crippen molar-refractivity contribution in [3.05, 3.63) is 64.7 Å². The van der Waals surface area contributed by atoms with E-state index in [1.807, 2.05) is 0 Å². The van der Waals surface area contributed by atoms with Gasteiger partial charge in [-0.3, -0.25) is 0 Å². The van der Waals surface area contributed by atoms with Crippen LogP contribution in [0, 0.1) is 0 Å². The molecule has 2 N–H and O–H groups in total. The van der Waals surface area contributed by atoms with Crippen LogP contribution in [-0.4, -0.2) is 13.5 Å². The summed E-state index contributed by atoms with van der Waals surface area (Å²) in [6.07, 6.45) is 0. The summed E-state index contributed by atoms with van der Waals surface area (Å²) in [6.45, 7) is 1.56. The van der Waals surface area contributed by atoms with Gasteiger partial charge in [0.15, 0.2) is 0 Å². The van der Waals surface area contributed by atoms with Crippen LogP contribution in [0.3, 0.4) is 0 Å². The fourth-order valence-corrected chi connectivity index (χ4v) is 3.36. The van der Waals surface area contributed by atoms with Crippen LogP contribution in [0.2, 0.25) is 5.02 Å². The Morgan fingerprint density at radius 3 is 2.48 bits per heavy atom. The molecule has 0 aliphatic heterocycles. The quantitative estimate of drug-likeness (QED) is 0.888. The lowest BCUT2D eigenvalue weighted by Gasteiger charge is -2.15. The van der Waals surface area contributed by atoms with E-state index in [2.05, 4.69) is 4.72 Å². The first-order valence-electron chi connectivity index (χ1n) is 6.40. The molecule has 2 aromatic rings. The molecule has 1 unspecified atom stereocenters. The van der Waals surface area contributed by atoms with Crippen molar-refractivity contribution in [1.82, 2.24) is 4.72 Å². The Balaban J connectivity index is 2.22. The molecule has 6 heteroatoms. The summed E-state index contributed by atoms with van der Waals surface area (Å²) in [7, 11) is -3.64. The predicted octanol–water partition coefficient (Wildman–Crippen LogP) is 2.87. The van der Waals surface area contributed by atoms with Crippen LogP contribution >= 0.6 is 11.6 Å². The van der Waals surface area contributed by atoms with Crippen LogP contribution in [0.15, 0.2) is 53.4 Å². The lowest BCUT2D eigenvalue weighted by atomic mass is 10.1. The lowest BCUT2D eigenvalue weighted by Crippen LogP contribution is -2.27. The predicted molar refractivity (Wildman–Crippen MR) is 82.6 cm³/mol. The molecule has 0 aromatic heterocycles. The van der Waals surface area contributed by atoms with E-state index in [1.165, 1.54) is 12.1 Å². The number of aliphatic hydroxyl groups excluding tert-OH is 1. The van der Waals surface area contributed by atoms with Crippen LogP contribution < -0.4 is 4.72 Å². The third-order valence-corrected chi connectivity index (χ3v) is 4.88. The van der Waals surface area contributed by atoms with Gasteiger partial charge in [-0.2, -0.15) is 0 Å². The Morgan fingerprint density at radius 2 is 1.86 bits per heavy atom. The van der Waals surface area contributed by atoms with Crippen molar-refractivity contribution in [3.63, 3.8) is 0 Å². The average molecular weight is 326 g/mol. The molecular weight excluding hydrogens is 310 g/mol. The van der Waals surface area contributed by atoms with Gasteiger partial charge in [-0.1, -0.05) is 35.9 Å². The molecule has 4 nitrogen and oxygen atoms in total. The highest BCUT2D eigenvalue weighted by atomic mass is 35.5.